The maximum Gasteiger partial charge on any atom is 0.336 e. The number of aliphatic hydroxyl groups excluding tert-OH is 1. The Balaban J connectivity index is 2.16. The van der Waals surface area contributed by atoms with Crippen molar-refractivity contribution < 1.29 is 28.5 Å². The van der Waals surface area contributed by atoms with Gasteiger partial charge < -0.3 is 29.5 Å². The minimum atomic E-state index is -0.793. The number of benzene rings is 1. The highest BCUT2D eigenvalue weighted by Crippen LogP contribution is 2.32. The van der Waals surface area contributed by atoms with Gasteiger partial charge in [0.2, 0.25) is 11.2 Å². The van der Waals surface area contributed by atoms with E-state index in [9.17, 15) is 9.59 Å². The quantitative estimate of drug-likeness (QED) is 0.456. The van der Waals surface area contributed by atoms with E-state index >= 15 is 0 Å². The first-order valence-corrected chi connectivity index (χ1v) is 7.12. The van der Waals surface area contributed by atoms with Crippen LogP contribution in [0, 0.1) is 0 Å². The van der Waals surface area contributed by atoms with E-state index < -0.39 is 18.0 Å². The van der Waals surface area contributed by atoms with Gasteiger partial charge in [0, 0.05) is 29.5 Å². The lowest BCUT2D eigenvalue weighted by Gasteiger charge is -2.10. The molecule has 0 bridgehead atoms. The van der Waals surface area contributed by atoms with Crippen LogP contribution in [0.1, 0.15) is 11.3 Å². The van der Waals surface area contributed by atoms with Crippen molar-refractivity contribution in [1.82, 2.24) is 0 Å². The third kappa shape index (κ3) is 4.39. The van der Waals surface area contributed by atoms with Crippen LogP contribution in [0.25, 0.3) is 6.08 Å². The molecule has 0 radical (unpaired) electrons. The maximum absolute atomic E-state index is 11.8. The highest BCUT2D eigenvalue weighted by molar-refractivity contribution is 5.90. The topological polar surface area (TPSA) is 121 Å². The Hall–Kier alpha value is -3.26. The summed E-state index contributed by atoms with van der Waals surface area (Å²) in [5, 5.41) is 8.87. The number of hydrogen-bond donors (Lipinski definition) is 2. The molecule has 1 aromatic carbocycles. The molecule has 8 heteroatoms. The number of ether oxygens (including phenoxy) is 3. The van der Waals surface area contributed by atoms with Crippen molar-refractivity contribution in [3.8, 4) is 17.2 Å². The molecule has 3 N–H and O–H groups in total. The average molecular weight is 347 g/mol. The predicted octanol–water partition coefficient (Wildman–Crippen LogP) is 1.35. The first kappa shape index (κ1) is 18.1. The number of esters is 1. The first-order valence-electron chi connectivity index (χ1n) is 7.12. The molecule has 132 valence electrons. The van der Waals surface area contributed by atoms with Gasteiger partial charge in [0.1, 0.15) is 18.6 Å². The number of carbonyl (C=O) groups is 1. The van der Waals surface area contributed by atoms with Crippen LogP contribution in [0.5, 0.6) is 17.2 Å². The lowest BCUT2D eigenvalue weighted by molar-refractivity contribution is -0.129. The van der Waals surface area contributed by atoms with Crippen molar-refractivity contribution in [2.24, 2.45) is 0 Å². The van der Waals surface area contributed by atoms with Gasteiger partial charge in [-0.15, -0.1) is 0 Å². The van der Waals surface area contributed by atoms with Crippen molar-refractivity contribution >= 4 is 17.7 Å². The molecule has 0 aliphatic rings. The Kier molecular flexibility index (Phi) is 5.80. The van der Waals surface area contributed by atoms with Gasteiger partial charge in [-0.05, 0) is 12.1 Å². The molecule has 0 aliphatic heterocycles. The number of hydrogen-bond acceptors (Lipinski definition) is 8. The van der Waals surface area contributed by atoms with Crippen molar-refractivity contribution in [3.05, 3.63) is 52.1 Å². The summed E-state index contributed by atoms with van der Waals surface area (Å²) in [5.41, 5.74) is 6.19. The molecule has 2 rings (SSSR count). The van der Waals surface area contributed by atoms with Crippen LogP contribution in [0.3, 0.4) is 0 Å². The number of aliphatic hydroxyl groups is 1. The largest absolute Gasteiger partial charge is 0.493 e. The van der Waals surface area contributed by atoms with Gasteiger partial charge in [0.05, 0.1) is 14.2 Å². The normalized spacial score (nSPS) is 10.7. The summed E-state index contributed by atoms with van der Waals surface area (Å²) >= 11 is 0. The van der Waals surface area contributed by atoms with Gasteiger partial charge >= 0.3 is 5.97 Å². The molecule has 0 saturated carbocycles. The van der Waals surface area contributed by atoms with Crippen molar-refractivity contribution in [2.45, 2.75) is 6.61 Å². The molecule has 2 aromatic rings. The zero-order valence-corrected chi connectivity index (χ0v) is 13.6. The molecule has 0 amide bonds. The molecule has 0 atom stereocenters. The Bertz CT molecular complexity index is 855. The van der Waals surface area contributed by atoms with Crippen LogP contribution < -0.4 is 25.4 Å². The first-order chi connectivity index (χ1) is 12.0. The van der Waals surface area contributed by atoms with Gasteiger partial charge in [0.25, 0.3) is 0 Å². The molecule has 0 aliphatic carbocycles. The predicted molar refractivity (Wildman–Crippen MR) is 89.5 cm³/mol. The molecular formula is C17H17NO7. The second kappa shape index (κ2) is 8.02. The zero-order valence-electron chi connectivity index (χ0n) is 13.6. The molecule has 25 heavy (non-hydrogen) atoms. The molecule has 0 unspecified atom stereocenters. The van der Waals surface area contributed by atoms with E-state index in [0.717, 1.165) is 18.4 Å². The van der Waals surface area contributed by atoms with Gasteiger partial charge in [-0.3, -0.25) is 4.79 Å². The minimum absolute atomic E-state index is 0.0680. The zero-order chi connectivity index (χ0) is 18.4. The van der Waals surface area contributed by atoms with Gasteiger partial charge in [-0.2, -0.15) is 0 Å². The summed E-state index contributed by atoms with van der Waals surface area (Å²) in [4.78, 5) is 23.5. The van der Waals surface area contributed by atoms with E-state index in [1.165, 1.54) is 20.3 Å². The molecular weight excluding hydrogens is 330 g/mol. The van der Waals surface area contributed by atoms with Crippen LogP contribution in [0.15, 0.2) is 39.7 Å². The summed E-state index contributed by atoms with van der Waals surface area (Å²) < 4.78 is 20.1. The summed E-state index contributed by atoms with van der Waals surface area (Å²) in [5.74, 6) is -0.102. The van der Waals surface area contributed by atoms with Crippen LogP contribution >= 0.6 is 0 Å². The van der Waals surface area contributed by atoms with E-state index in [1.54, 1.807) is 12.1 Å². The van der Waals surface area contributed by atoms with E-state index in [1.807, 2.05) is 0 Å². The number of anilines is 1. The van der Waals surface area contributed by atoms with Gasteiger partial charge in [0.15, 0.2) is 11.5 Å². The van der Waals surface area contributed by atoms with E-state index in [4.69, 9.17) is 29.5 Å². The summed E-state index contributed by atoms with van der Waals surface area (Å²) in [6, 6.07) is 4.20. The molecule has 0 spiro atoms. The number of methoxy groups -OCH3 is 2. The van der Waals surface area contributed by atoms with Crippen LogP contribution in [0.2, 0.25) is 0 Å². The molecule has 0 saturated heterocycles. The Morgan fingerprint density at radius 1 is 1.20 bits per heavy atom. The summed E-state index contributed by atoms with van der Waals surface area (Å²) in [6.07, 6.45) is 3.49. The second-order valence-corrected chi connectivity index (χ2v) is 4.82. The molecule has 8 nitrogen and oxygen atoms in total. The van der Waals surface area contributed by atoms with Gasteiger partial charge in [-0.1, -0.05) is 0 Å². The lowest BCUT2D eigenvalue weighted by atomic mass is 10.1. The second-order valence-electron chi connectivity index (χ2n) is 4.82. The van der Waals surface area contributed by atoms with Crippen LogP contribution in [0.4, 0.5) is 5.69 Å². The lowest BCUT2D eigenvalue weighted by Crippen LogP contribution is -2.12. The Labute approximate surface area is 143 Å². The third-order valence-electron chi connectivity index (χ3n) is 3.21. The number of rotatable bonds is 6. The third-order valence-corrected chi connectivity index (χ3v) is 3.21. The van der Waals surface area contributed by atoms with Crippen LogP contribution in [-0.2, 0) is 11.4 Å². The monoisotopic (exact) mass is 347 g/mol. The molecule has 0 fully saturated rings. The van der Waals surface area contributed by atoms with E-state index in [0.29, 0.717) is 22.7 Å². The maximum atomic E-state index is 11.8. The van der Waals surface area contributed by atoms with Gasteiger partial charge in [-0.25, -0.2) is 4.79 Å². The highest BCUT2D eigenvalue weighted by atomic mass is 16.5. The fraction of sp³-hybridized carbons (Fsp3) is 0.176. The molecule has 1 heterocycles. The minimum Gasteiger partial charge on any atom is -0.493 e. The molecule has 1 aromatic heterocycles. The number of nitrogens with two attached hydrogens (primary N) is 1. The van der Waals surface area contributed by atoms with E-state index in [2.05, 4.69) is 0 Å². The summed E-state index contributed by atoms with van der Waals surface area (Å²) in [6.45, 7) is -0.429. The summed E-state index contributed by atoms with van der Waals surface area (Å²) in [7, 11) is 2.96. The van der Waals surface area contributed by atoms with Crippen molar-refractivity contribution in [1.29, 1.82) is 0 Å². The fourth-order valence-electron chi connectivity index (χ4n) is 1.95. The number of nitrogen functional groups attached to an aromatic ring is 1. The standard InChI is InChI=1S/C17H17NO7/c1-22-14-5-10(12(18)7-15(14)23-2)3-4-17(21)25-16-9-24-11(8-19)6-13(16)20/h3-7,9,19H,8,18H2,1-2H3. The van der Waals surface area contributed by atoms with Crippen LogP contribution in [-0.4, -0.2) is 25.3 Å². The smallest absolute Gasteiger partial charge is 0.336 e. The Morgan fingerprint density at radius 2 is 1.88 bits per heavy atom. The van der Waals surface area contributed by atoms with Crippen molar-refractivity contribution in [3.63, 3.8) is 0 Å². The van der Waals surface area contributed by atoms with E-state index in [-0.39, 0.29) is 11.5 Å². The Morgan fingerprint density at radius 3 is 2.48 bits per heavy atom. The number of carbonyl (C=O) groups excluding carboxylic acids is 1. The fourth-order valence-corrected chi connectivity index (χ4v) is 1.95. The average Bonchev–Trinajstić information content (AvgIpc) is 2.61. The SMILES string of the molecule is COc1cc(N)c(C=CC(=O)Oc2coc(CO)cc2=O)cc1OC. The highest BCUT2D eigenvalue weighted by Gasteiger charge is 2.10. The van der Waals surface area contributed by atoms with Crippen molar-refractivity contribution in [2.75, 3.05) is 20.0 Å².